The molecule has 4 heteroatoms. The van der Waals surface area contributed by atoms with Crippen LogP contribution >= 0.6 is 11.8 Å². The normalized spacial score (nSPS) is 12.8. The molecule has 3 nitrogen and oxygen atoms in total. The number of aliphatic hydroxyl groups is 1. The van der Waals surface area contributed by atoms with Crippen LogP contribution in [-0.2, 0) is 0 Å². The average Bonchev–Trinajstić information content (AvgIpc) is 2.19. The lowest BCUT2D eigenvalue weighted by Gasteiger charge is -2.09. The molecule has 0 spiro atoms. The molecular weight excluding hydrogens is 196 g/mol. The van der Waals surface area contributed by atoms with Crippen molar-refractivity contribution >= 4 is 17.4 Å². The molecule has 1 unspecified atom stereocenters. The molecule has 0 saturated heterocycles. The zero-order chi connectivity index (χ0) is 10.6. The molecule has 14 heavy (non-hydrogen) atoms. The molecule has 78 valence electrons. The number of nitrogen functional groups attached to an aromatic ring is 1. The molecule has 0 amide bonds. The first kappa shape index (κ1) is 11.4. The van der Waals surface area contributed by atoms with Crippen molar-refractivity contribution in [1.82, 2.24) is 0 Å². The summed E-state index contributed by atoms with van der Waals surface area (Å²) in [7, 11) is 0. The Hall–Kier alpha value is -0.710. The van der Waals surface area contributed by atoms with E-state index in [2.05, 4.69) is 0 Å². The van der Waals surface area contributed by atoms with E-state index in [1.807, 2.05) is 25.1 Å². The van der Waals surface area contributed by atoms with Gasteiger partial charge in [0.25, 0.3) is 0 Å². The van der Waals surface area contributed by atoms with Gasteiger partial charge in [-0.1, -0.05) is 6.07 Å². The van der Waals surface area contributed by atoms with Crippen molar-refractivity contribution in [2.24, 2.45) is 5.73 Å². The lowest BCUT2D eigenvalue weighted by molar-refractivity contribution is 0.208. The minimum atomic E-state index is -0.444. The van der Waals surface area contributed by atoms with E-state index in [0.717, 1.165) is 10.6 Å². The SMILES string of the molecule is Cc1ccc(N)cc1SCC(O)CN. The Balaban J connectivity index is 2.62. The summed E-state index contributed by atoms with van der Waals surface area (Å²) in [4.78, 5) is 1.11. The second-order valence-corrected chi connectivity index (χ2v) is 4.29. The number of hydrogen-bond acceptors (Lipinski definition) is 4. The van der Waals surface area contributed by atoms with Gasteiger partial charge in [-0.05, 0) is 24.6 Å². The van der Waals surface area contributed by atoms with Crippen LogP contribution in [0.1, 0.15) is 5.56 Å². The van der Waals surface area contributed by atoms with Crippen LogP contribution in [0.4, 0.5) is 5.69 Å². The Morgan fingerprint density at radius 3 is 2.86 bits per heavy atom. The molecule has 0 aliphatic rings. The van der Waals surface area contributed by atoms with Gasteiger partial charge >= 0.3 is 0 Å². The maximum absolute atomic E-state index is 9.30. The minimum Gasteiger partial charge on any atom is -0.399 e. The van der Waals surface area contributed by atoms with E-state index in [9.17, 15) is 5.11 Å². The lowest BCUT2D eigenvalue weighted by atomic mass is 10.2. The van der Waals surface area contributed by atoms with Gasteiger partial charge in [0.1, 0.15) is 0 Å². The van der Waals surface area contributed by atoms with Crippen LogP contribution in [0.15, 0.2) is 23.1 Å². The number of rotatable bonds is 4. The summed E-state index contributed by atoms with van der Waals surface area (Å²) in [6.07, 6.45) is -0.444. The maximum atomic E-state index is 9.30. The summed E-state index contributed by atoms with van der Waals surface area (Å²) in [5.41, 5.74) is 12.9. The summed E-state index contributed by atoms with van der Waals surface area (Å²) in [5.74, 6) is 0.612. The van der Waals surface area contributed by atoms with Crippen LogP contribution in [0.3, 0.4) is 0 Å². The lowest BCUT2D eigenvalue weighted by Crippen LogP contribution is -2.21. The smallest absolute Gasteiger partial charge is 0.0756 e. The molecule has 0 saturated carbocycles. The number of benzene rings is 1. The highest BCUT2D eigenvalue weighted by Crippen LogP contribution is 2.24. The topological polar surface area (TPSA) is 72.3 Å². The van der Waals surface area contributed by atoms with E-state index in [1.165, 1.54) is 5.56 Å². The van der Waals surface area contributed by atoms with E-state index >= 15 is 0 Å². The van der Waals surface area contributed by atoms with Crippen molar-refractivity contribution in [3.8, 4) is 0 Å². The molecule has 0 aliphatic heterocycles. The number of thioether (sulfide) groups is 1. The number of nitrogens with two attached hydrogens (primary N) is 2. The van der Waals surface area contributed by atoms with Crippen molar-refractivity contribution in [1.29, 1.82) is 0 Å². The highest BCUT2D eigenvalue weighted by atomic mass is 32.2. The van der Waals surface area contributed by atoms with Crippen LogP contribution in [0, 0.1) is 6.92 Å². The quantitative estimate of drug-likeness (QED) is 0.514. The highest BCUT2D eigenvalue weighted by Gasteiger charge is 2.04. The summed E-state index contributed by atoms with van der Waals surface area (Å²) in [5, 5.41) is 9.30. The fourth-order valence-electron chi connectivity index (χ4n) is 1.03. The molecule has 0 aliphatic carbocycles. The van der Waals surface area contributed by atoms with E-state index in [1.54, 1.807) is 11.8 Å². The zero-order valence-electron chi connectivity index (χ0n) is 8.23. The summed E-state index contributed by atoms with van der Waals surface area (Å²) in [6, 6.07) is 5.77. The van der Waals surface area contributed by atoms with Gasteiger partial charge in [0.05, 0.1) is 6.10 Å². The minimum absolute atomic E-state index is 0.300. The van der Waals surface area contributed by atoms with E-state index < -0.39 is 6.10 Å². The van der Waals surface area contributed by atoms with Crippen LogP contribution in [0.5, 0.6) is 0 Å². The third kappa shape index (κ3) is 3.21. The Labute approximate surface area is 88.5 Å². The van der Waals surface area contributed by atoms with Gasteiger partial charge in [-0.15, -0.1) is 11.8 Å². The zero-order valence-corrected chi connectivity index (χ0v) is 9.05. The molecule has 1 atom stereocenters. The van der Waals surface area contributed by atoms with Crippen molar-refractivity contribution < 1.29 is 5.11 Å². The first-order valence-corrected chi connectivity index (χ1v) is 5.49. The molecule has 1 aromatic carbocycles. The largest absolute Gasteiger partial charge is 0.399 e. The van der Waals surface area contributed by atoms with Crippen LogP contribution < -0.4 is 11.5 Å². The van der Waals surface area contributed by atoms with Gasteiger partial charge in [0, 0.05) is 22.9 Å². The molecule has 1 aromatic rings. The van der Waals surface area contributed by atoms with Gasteiger partial charge < -0.3 is 16.6 Å². The molecule has 0 aromatic heterocycles. The third-order valence-electron chi connectivity index (χ3n) is 1.92. The number of aliphatic hydroxyl groups excluding tert-OH is 1. The fraction of sp³-hybridized carbons (Fsp3) is 0.400. The molecule has 0 bridgehead atoms. The van der Waals surface area contributed by atoms with Gasteiger partial charge in [0.15, 0.2) is 0 Å². The van der Waals surface area contributed by atoms with Gasteiger partial charge in [-0.3, -0.25) is 0 Å². The van der Waals surface area contributed by atoms with Gasteiger partial charge in [-0.25, -0.2) is 0 Å². The Morgan fingerprint density at radius 1 is 1.50 bits per heavy atom. The van der Waals surface area contributed by atoms with Crippen LogP contribution in [0.25, 0.3) is 0 Å². The molecule has 0 heterocycles. The first-order chi connectivity index (χ1) is 6.63. The number of aryl methyl sites for hydroxylation is 1. The standard InChI is InChI=1S/C10H16N2OS/c1-7-2-3-8(12)4-10(7)14-6-9(13)5-11/h2-4,9,13H,5-6,11-12H2,1H3. The van der Waals surface area contributed by atoms with Gasteiger partial charge in [-0.2, -0.15) is 0 Å². The number of anilines is 1. The molecule has 1 rings (SSSR count). The molecule has 0 radical (unpaired) electrons. The first-order valence-electron chi connectivity index (χ1n) is 4.50. The second kappa shape index (κ2) is 5.24. The highest BCUT2D eigenvalue weighted by molar-refractivity contribution is 7.99. The van der Waals surface area contributed by atoms with Crippen LogP contribution in [-0.4, -0.2) is 23.5 Å². The van der Waals surface area contributed by atoms with Gasteiger partial charge in [0.2, 0.25) is 0 Å². The molecule has 0 fully saturated rings. The van der Waals surface area contributed by atoms with Crippen molar-refractivity contribution in [2.45, 2.75) is 17.9 Å². The average molecular weight is 212 g/mol. The van der Waals surface area contributed by atoms with Crippen molar-refractivity contribution in [2.75, 3.05) is 18.0 Å². The Bertz CT molecular complexity index is 304. The predicted molar refractivity (Wildman–Crippen MR) is 61.4 cm³/mol. The third-order valence-corrected chi connectivity index (χ3v) is 3.22. The maximum Gasteiger partial charge on any atom is 0.0756 e. The van der Waals surface area contributed by atoms with Crippen LogP contribution in [0.2, 0.25) is 0 Å². The monoisotopic (exact) mass is 212 g/mol. The van der Waals surface area contributed by atoms with Crippen molar-refractivity contribution in [3.63, 3.8) is 0 Å². The Morgan fingerprint density at radius 2 is 2.21 bits per heavy atom. The Kier molecular flexibility index (Phi) is 4.25. The summed E-state index contributed by atoms with van der Waals surface area (Å²) in [6.45, 7) is 2.32. The molecular formula is C10H16N2OS. The molecule has 5 N–H and O–H groups in total. The van der Waals surface area contributed by atoms with Crippen molar-refractivity contribution in [3.05, 3.63) is 23.8 Å². The second-order valence-electron chi connectivity index (χ2n) is 3.23. The van der Waals surface area contributed by atoms with E-state index in [-0.39, 0.29) is 0 Å². The predicted octanol–water partition coefficient (Wildman–Crippen LogP) is 0.989. The number of hydrogen-bond donors (Lipinski definition) is 3. The summed E-state index contributed by atoms with van der Waals surface area (Å²) < 4.78 is 0. The van der Waals surface area contributed by atoms with E-state index in [4.69, 9.17) is 11.5 Å². The van der Waals surface area contributed by atoms with E-state index in [0.29, 0.717) is 12.3 Å². The fourth-order valence-corrected chi connectivity index (χ4v) is 2.05. The summed E-state index contributed by atoms with van der Waals surface area (Å²) >= 11 is 1.58.